The zero-order valence-corrected chi connectivity index (χ0v) is 6.38. The molecule has 0 atom stereocenters. The monoisotopic (exact) mass is 145 g/mol. The van der Waals surface area contributed by atoms with Crippen molar-refractivity contribution in [2.24, 2.45) is 0 Å². The first kappa shape index (κ1) is 6.47. The third-order valence-corrected chi connectivity index (χ3v) is 1.88. The molecule has 0 heterocycles. The summed E-state index contributed by atoms with van der Waals surface area (Å²) >= 11 is 0. The van der Waals surface area contributed by atoms with E-state index in [4.69, 9.17) is 0 Å². The van der Waals surface area contributed by atoms with Crippen LogP contribution in [0.5, 0.6) is 0 Å². The van der Waals surface area contributed by atoms with E-state index in [0.717, 1.165) is 0 Å². The molecule has 0 aromatic heterocycles. The average molecular weight is 145 g/mol. The van der Waals surface area contributed by atoms with Gasteiger partial charge in [0.25, 0.3) is 0 Å². The van der Waals surface area contributed by atoms with Gasteiger partial charge in [0.15, 0.2) is 0 Å². The van der Waals surface area contributed by atoms with Crippen LogP contribution in [0.25, 0.3) is 0 Å². The Labute approximate surface area is 66.7 Å². The minimum Gasteiger partial charge on any atom is -0.359 e. The molecule has 11 heavy (non-hydrogen) atoms. The normalized spacial score (nSPS) is 15.1. The lowest BCUT2D eigenvalue weighted by Crippen LogP contribution is -2.04. The highest BCUT2D eigenvalue weighted by Gasteiger charge is 2.03. The van der Waals surface area contributed by atoms with Gasteiger partial charge in [0.05, 0.1) is 0 Å². The largest absolute Gasteiger partial charge is 0.359 e. The van der Waals surface area contributed by atoms with Crippen LogP contribution in [0.15, 0.2) is 42.1 Å². The van der Waals surface area contributed by atoms with E-state index in [-0.39, 0.29) is 0 Å². The Kier molecular flexibility index (Phi) is 1.64. The summed E-state index contributed by atoms with van der Waals surface area (Å²) in [6.07, 6.45) is 4.66. The number of anilines is 1. The van der Waals surface area contributed by atoms with E-state index in [1.165, 1.54) is 24.2 Å². The molecule has 1 heteroatoms. The van der Waals surface area contributed by atoms with Gasteiger partial charge >= 0.3 is 0 Å². The smallest absolute Gasteiger partial charge is 0.0381 e. The van der Waals surface area contributed by atoms with Crippen molar-refractivity contribution in [2.75, 3.05) is 5.32 Å². The van der Waals surface area contributed by atoms with Crippen LogP contribution in [0, 0.1) is 0 Å². The summed E-state index contributed by atoms with van der Waals surface area (Å²) in [5.74, 6) is 0. The summed E-state index contributed by atoms with van der Waals surface area (Å²) in [5, 5.41) is 3.34. The molecule has 56 valence electrons. The van der Waals surface area contributed by atoms with Crippen molar-refractivity contribution < 1.29 is 0 Å². The van der Waals surface area contributed by atoms with Gasteiger partial charge in [-0.15, -0.1) is 0 Å². The Morgan fingerprint density at radius 1 is 1.09 bits per heavy atom. The molecule has 0 saturated carbocycles. The Hall–Kier alpha value is -1.24. The second kappa shape index (κ2) is 2.79. The Morgan fingerprint density at radius 3 is 2.36 bits per heavy atom. The van der Waals surface area contributed by atoms with E-state index in [2.05, 4.69) is 23.5 Å². The molecular formula is C10H11N. The van der Waals surface area contributed by atoms with Gasteiger partial charge in [-0.1, -0.05) is 24.3 Å². The standard InChI is InChI=1S/C10H11N/c1-2-5-9(6-3-1)11-10-7-4-8-10/h1-3,5-7,11H,4,8H2. The molecule has 0 aliphatic heterocycles. The number of nitrogens with one attached hydrogen (secondary N) is 1. The molecular weight excluding hydrogens is 134 g/mol. The summed E-state index contributed by atoms with van der Waals surface area (Å²) in [7, 11) is 0. The molecule has 2 rings (SSSR count). The number of hydrogen-bond donors (Lipinski definition) is 1. The van der Waals surface area contributed by atoms with Gasteiger partial charge in [-0.3, -0.25) is 0 Å². The molecule has 0 amide bonds. The predicted octanol–water partition coefficient (Wildman–Crippen LogP) is 2.78. The van der Waals surface area contributed by atoms with Crippen LogP contribution in [0.3, 0.4) is 0 Å². The van der Waals surface area contributed by atoms with Gasteiger partial charge in [-0.25, -0.2) is 0 Å². The highest BCUT2D eigenvalue weighted by Crippen LogP contribution is 2.20. The molecule has 0 fully saturated rings. The molecule has 0 spiro atoms. The first-order chi connectivity index (χ1) is 5.45. The maximum Gasteiger partial charge on any atom is 0.0381 e. The Bertz CT molecular complexity index is 261. The molecule has 1 nitrogen and oxygen atoms in total. The number of benzene rings is 1. The van der Waals surface area contributed by atoms with Gasteiger partial charge in [0.1, 0.15) is 0 Å². The zero-order chi connectivity index (χ0) is 7.52. The zero-order valence-electron chi connectivity index (χ0n) is 6.38. The molecule has 1 aliphatic carbocycles. The Balaban J connectivity index is 2.07. The van der Waals surface area contributed by atoms with Crippen molar-refractivity contribution in [1.82, 2.24) is 0 Å². The van der Waals surface area contributed by atoms with Crippen molar-refractivity contribution in [2.45, 2.75) is 12.8 Å². The minimum atomic E-state index is 1.19. The van der Waals surface area contributed by atoms with E-state index in [1.807, 2.05) is 18.2 Å². The van der Waals surface area contributed by atoms with Crippen LogP contribution in [0.1, 0.15) is 12.8 Å². The molecule has 0 bridgehead atoms. The van der Waals surface area contributed by atoms with E-state index in [0.29, 0.717) is 0 Å². The van der Waals surface area contributed by atoms with Crippen LogP contribution >= 0.6 is 0 Å². The molecule has 0 radical (unpaired) electrons. The topological polar surface area (TPSA) is 12.0 Å². The maximum atomic E-state index is 3.34. The highest BCUT2D eigenvalue weighted by atomic mass is 14.9. The van der Waals surface area contributed by atoms with Crippen LogP contribution < -0.4 is 5.32 Å². The maximum absolute atomic E-state index is 3.34. The van der Waals surface area contributed by atoms with Crippen molar-refractivity contribution >= 4 is 5.69 Å². The second-order valence-electron chi connectivity index (χ2n) is 2.76. The molecule has 1 aromatic rings. The van der Waals surface area contributed by atoms with E-state index in [9.17, 15) is 0 Å². The van der Waals surface area contributed by atoms with Crippen LogP contribution in [-0.2, 0) is 0 Å². The van der Waals surface area contributed by atoms with E-state index in [1.54, 1.807) is 0 Å². The lowest BCUT2D eigenvalue weighted by molar-refractivity contribution is 0.881. The van der Waals surface area contributed by atoms with Crippen molar-refractivity contribution in [3.63, 3.8) is 0 Å². The van der Waals surface area contributed by atoms with Crippen LogP contribution in [0.2, 0.25) is 0 Å². The van der Waals surface area contributed by atoms with Crippen LogP contribution in [0.4, 0.5) is 5.69 Å². The summed E-state index contributed by atoms with van der Waals surface area (Å²) in [5.41, 5.74) is 2.55. The fraction of sp³-hybridized carbons (Fsp3) is 0.200. The number of allylic oxidation sites excluding steroid dienone is 2. The SMILES string of the molecule is C1=C(Nc2ccccc2)CC1. The van der Waals surface area contributed by atoms with Crippen LogP contribution in [-0.4, -0.2) is 0 Å². The third kappa shape index (κ3) is 1.43. The lowest BCUT2D eigenvalue weighted by atomic mass is 10.1. The average Bonchev–Trinajstić information content (AvgIpc) is 1.99. The van der Waals surface area contributed by atoms with E-state index < -0.39 is 0 Å². The van der Waals surface area contributed by atoms with Gasteiger partial charge in [-0.2, -0.15) is 0 Å². The Morgan fingerprint density at radius 2 is 1.82 bits per heavy atom. The summed E-state index contributed by atoms with van der Waals surface area (Å²) in [6.45, 7) is 0. The summed E-state index contributed by atoms with van der Waals surface area (Å²) in [6, 6.07) is 10.3. The lowest BCUT2D eigenvalue weighted by Gasteiger charge is -2.16. The predicted molar refractivity (Wildman–Crippen MR) is 47.4 cm³/mol. The molecule has 1 aliphatic rings. The quantitative estimate of drug-likeness (QED) is 0.674. The molecule has 0 saturated heterocycles. The fourth-order valence-electron chi connectivity index (χ4n) is 1.11. The van der Waals surface area contributed by atoms with Crippen molar-refractivity contribution in [1.29, 1.82) is 0 Å². The summed E-state index contributed by atoms with van der Waals surface area (Å²) < 4.78 is 0. The molecule has 1 N–H and O–H groups in total. The van der Waals surface area contributed by atoms with Gasteiger partial charge in [-0.05, 0) is 25.0 Å². The van der Waals surface area contributed by atoms with Gasteiger partial charge in [0.2, 0.25) is 0 Å². The minimum absolute atomic E-state index is 1.19. The molecule has 0 unspecified atom stereocenters. The first-order valence-corrected chi connectivity index (χ1v) is 3.96. The third-order valence-electron chi connectivity index (χ3n) is 1.88. The number of hydrogen-bond acceptors (Lipinski definition) is 1. The highest BCUT2D eigenvalue weighted by molar-refractivity contribution is 5.48. The summed E-state index contributed by atoms with van der Waals surface area (Å²) in [4.78, 5) is 0. The number of para-hydroxylation sites is 1. The first-order valence-electron chi connectivity index (χ1n) is 3.96. The molecule has 1 aromatic carbocycles. The number of rotatable bonds is 2. The van der Waals surface area contributed by atoms with E-state index >= 15 is 0 Å². The van der Waals surface area contributed by atoms with Gasteiger partial charge < -0.3 is 5.32 Å². The fourth-order valence-corrected chi connectivity index (χ4v) is 1.11. The van der Waals surface area contributed by atoms with Crippen molar-refractivity contribution in [3.05, 3.63) is 42.1 Å². The second-order valence-corrected chi connectivity index (χ2v) is 2.76. The van der Waals surface area contributed by atoms with Crippen molar-refractivity contribution in [3.8, 4) is 0 Å². The van der Waals surface area contributed by atoms with Gasteiger partial charge in [0, 0.05) is 11.4 Å².